The molecular formula is C18H28Cl2NOSi2Zr. The molecule has 0 bridgehead atoms. The van der Waals surface area contributed by atoms with Crippen LogP contribution in [-0.2, 0) is 26.2 Å². The number of benzene rings is 1. The van der Waals surface area contributed by atoms with Gasteiger partial charge in [0.05, 0.1) is 0 Å². The Kier molecular flexibility index (Phi) is 8.40. The maximum absolute atomic E-state index is 9.47. The normalized spacial score (nSPS) is 18.5. The predicted octanol–water partition coefficient (Wildman–Crippen LogP) is -2.94. The predicted molar refractivity (Wildman–Crippen MR) is 103 cm³/mol. The number of aliphatic hydroxyl groups excluding tert-OH is 1. The first-order valence-electron chi connectivity index (χ1n) is 8.24. The van der Waals surface area contributed by atoms with Crippen LogP contribution in [0.3, 0.4) is 0 Å². The Morgan fingerprint density at radius 3 is 2.32 bits per heavy atom. The second-order valence-corrected chi connectivity index (χ2v) is 23.2. The number of nitrogens with one attached hydrogen (secondary N) is 1. The van der Waals surface area contributed by atoms with Gasteiger partial charge in [0.2, 0.25) is 0 Å². The molecule has 1 aliphatic heterocycles. The molecule has 1 heterocycles. The summed E-state index contributed by atoms with van der Waals surface area (Å²) in [4.78, 5) is 0. The third-order valence-electron chi connectivity index (χ3n) is 5.49. The molecule has 0 aromatic heterocycles. The number of rotatable bonds is 4. The van der Waals surface area contributed by atoms with E-state index in [4.69, 9.17) is 0 Å². The number of aliphatic hydroxyl groups is 1. The van der Waals surface area contributed by atoms with Gasteiger partial charge in [-0.3, -0.25) is 0 Å². The second-order valence-electron chi connectivity index (χ2n) is 8.56. The van der Waals surface area contributed by atoms with Crippen molar-refractivity contribution < 1.29 is 56.1 Å². The van der Waals surface area contributed by atoms with Crippen molar-refractivity contribution in [2.24, 2.45) is 0 Å². The Labute approximate surface area is 185 Å². The van der Waals surface area contributed by atoms with Crippen LogP contribution >= 0.6 is 0 Å². The van der Waals surface area contributed by atoms with Crippen LogP contribution in [-0.4, -0.2) is 32.4 Å². The monoisotopic (exact) mass is 490 g/mol. The Bertz CT molecular complexity index is 742. The molecule has 1 unspecified atom stereocenters. The van der Waals surface area contributed by atoms with Gasteiger partial charge in [-0.15, -0.1) is 29.0 Å². The Balaban J connectivity index is 0.00000192. The van der Waals surface area contributed by atoms with Crippen LogP contribution in [0.5, 0.6) is 0 Å². The fourth-order valence-corrected chi connectivity index (χ4v) is 16.7. The van der Waals surface area contributed by atoms with E-state index in [9.17, 15) is 5.11 Å². The van der Waals surface area contributed by atoms with Crippen molar-refractivity contribution in [3.8, 4) is 0 Å². The molecule has 1 radical (unpaired) electrons. The van der Waals surface area contributed by atoms with Gasteiger partial charge in [0.1, 0.15) is 0 Å². The molecule has 0 saturated carbocycles. The van der Waals surface area contributed by atoms with Crippen LogP contribution in [0.1, 0.15) is 20.8 Å². The average Bonchev–Trinajstić information content (AvgIpc) is 2.80. The maximum Gasteiger partial charge on any atom is 3.00 e. The van der Waals surface area contributed by atoms with Crippen molar-refractivity contribution in [3.63, 3.8) is 0 Å². The number of fused-ring (bicyclic) bond motifs is 3. The van der Waals surface area contributed by atoms with Gasteiger partial charge in [-0.05, 0) is 32.5 Å². The molecule has 0 saturated heterocycles. The molecule has 3 rings (SSSR count). The van der Waals surface area contributed by atoms with Crippen molar-refractivity contribution in [2.75, 3.05) is 11.9 Å². The molecule has 0 aliphatic carbocycles. The standard InChI is InChI=1S/C18H28NOSi2.2ClH.Zr/c1-18(2,3)19-14-9-7-8-13-12-15-17(16(13)14)22(15,6)21(4,5)11-10-20;;;/h7-9,12,19-20H,10-11H2,1-6H3;2*1H;/q-1;;;+3/p-2. The first kappa shape index (κ1) is 25.5. The van der Waals surface area contributed by atoms with Gasteiger partial charge in [0.25, 0.3) is 0 Å². The number of hydrogen-bond acceptors (Lipinski definition) is 2. The Morgan fingerprint density at radius 2 is 1.80 bits per heavy atom. The zero-order chi connectivity index (χ0) is 16.3. The molecule has 137 valence electrons. The minimum atomic E-state index is -1.44. The van der Waals surface area contributed by atoms with Gasteiger partial charge in [-0.25, -0.2) is 0 Å². The first-order chi connectivity index (χ1) is 10.1. The molecular weight excluding hydrogens is 465 g/mol. The number of anilines is 1. The van der Waals surface area contributed by atoms with Gasteiger partial charge < -0.3 is 35.2 Å². The molecule has 0 spiro atoms. The largest absolute Gasteiger partial charge is 3.00 e. The zero-order valence-electron chi connectivity index (χ0n) is 15.9. The Morgan fingerprint density at radius 1 is 1.20 bits per heavy atom. The van der Waals surface area contributed by atoms with Crippen molar-refractivity contribution in [2.45, 2.75) is 52.0 Å². The van der Waals surface area contributed by atoms with Crippen LogP contribution in [0.2, 0.25) is 25.7 Å². The van der Waals surface area contributed by atoms with Crippen molar-refractivity contribution >= 4 is 42.0 Å². The summed E-state index contributed by atoms with van der Waals surface area (Å²) in [5, 5.41) is 19.4. The van der Waals surface area contributed by atoms with Crippen molar-refractivity contribution in [1.82, 2.24) is 0 Å². The van der Waals surface area contributed by atoms with Crippen molar-refractivity contribution in [1.29, 1.82) is 0 Å². The van der Waals surface area contributed by atoms with E-state index in [1.807, 2.05) is 0 Å². The number of halogens is 2. The van der Waals surface area contributed by atoms with Gasteiger partial charge >= 0.3 is 26.2 Å². The van der Waals surface area contributed by atoms with Gasteiger partial charge in [0, 0.05) is 27.3 Å². The second kappa shape index (κ2) is 8.24. The van der Waals surface area contributed by atoms with Crippen LogP contribution in [0.4, 0.5) is 5.69 Å². The fraction of sp³-hybridized carbons (Fsp3) is 0.500. The third-order valence-corrected chi connectivity index (χ3v) is 22.8. The van der Waals surface area contributed by atoms with E-state index in [-0.39, 0.29) is 56.6 Å². The summed E-state index contributed by atoms with van der Waals surface area (Å²) in [6.07, 6.45) is 0. The number of hydrogen-bond donors (Lipinski definition) is 2. The minimum absolute atomic E-state index is 0. The van der Waals surface area contributed by atoms with Gasteiger partial charge in [-0.2, -0.15) is 10.4 Å². The smallest absolute Gasteiger partial charge is 1.00 e. The first-order valence-corrected chi connectivity index (χ1v) is 14.9. The molecule has 2 aromatic rings. The molecule has 25 heavy (non-hydrogen) atoms. The summed E-state index contributed by atoms with van der Waals surface area (Å²) in [7, 11) is -2.83. The van der Waals surface area contributed by atoms with Crippen molar-refractivity contribution in [3.05, 3.63) is 24.3 Å². The fourth-order valence-electron chi connectivity index (χ4n) is 3.87. The van der Waals surface area contributed by atoms with E-state index in [2.05, 4.69) is 70.0 Å². The van der Waals surface area contributed by atoms with E-state index < -0.39 is 15.2 Å². The molecule has 1 aliphatic rings. The molecule has 2 N–H and O–H groups in total. The SMILES string of the molecule is CC(C)(C)Nc1cccc2[cH-]c3c(c12)[Si]3(C)[Si](C)(C)CCO.[Cl-].[Cl-].[Zr+3]. The molecule has 2 aromatic carbocycles. The average molecular weight is 493 g/mol. The van der Waals surface area contributed by atoms with E-state index in [0.717, 1.165) is 6.04 Å². The maximum atomic E-state index is 9.47. The summed E-state index contributed by atoms with van der Waals surface area (Å²) < 4.78 is 0. The Hall–Kier alpha value is 0.487. The third kappa shape index (κ3) is 4.17. The summed E-state index contributed by atoms with van der Waals surface area (Å²) in [5.41, 5.74) is 1.36. The molecule has 0 fully saturated rings. The van der Waals surface area contributed by atoms with Crippen LogP contribution < -0.4 is 40.5 Å². The zero-order valence-corrected chi connectivity index (χ0v) is 21.9. The molecule has 7 heteroatoms. The van der Waals surface area contributed by atoms with Gasteiger partial charge in [-0.1, -0.05) is 25.7 Å². The van der Waals surface area contributed by atoms with Crippen LogP contribution in [0.15, 0.2) is 24.3 Å². The van der Waals surface area contributed by atoms with E-state index in [0.29, 0.717) is 6.61 Å². The van der Waals surface area contributed by atoms with Crippen LogP contribution in [0, 0.1) is 0 Å². The van der Waals surface area contributed by atoms with Crippen LogP contribution in [0.25, 0.3) is 10.8 Å². The quantitative estimate of drug-likeness (QED) is 0.354. The van der Waals surface area contributed by atoms with Gasteiger partial charge in [0.15, 0.2) is 0 Å². The summed E-state index contributed by atoms with van der Waals surface area (Å²) in [5.74, 6) is 0. The summed E-state index contributed by atoms with van der Waals surface area (Å²) in [6.45, 7) is 14.5. The van der Waals surface area contributed by atoms with E-state index in [1.165, 1.54) is 16.5 Å². The van der Waals surface area contributed by atoms with E-state index in [1.54, 1.807) is 10.4 Å². The summed E-state index contributed by atoms with van der Waals surface area (Å²) >= 11 is 0. The minimum Gasteiger partial charge on any atom is -1.00 e. The molecule has 1 atom stereocenters. The van der Waals surface area contributed by atoms with E-state index >= 15 is 0 Å². The topological polar surface area (TPSA) is 32.3 Å². The molecule has 2 nitrogen and oxygen atoms in total. The molecule has 0 amide bonds. The summed E-state index contributed by atoms with van der Waals surface area (Å²) in [6, 6.07) is 10.1.